The number of hydrogen-bond donors (Lipinski definition) is 1. The molecule has 7 heteroatoms. The highest BCUT2D eigenvalue weighted by atomic mass is 19.4. The summed E-state index contributed by atoms with van der Waals surface area (Å²) < 4.78 is 43.4. The fourth-order valence-corrected chi connectivity index (χ4v) is 3.29. The van der Waals surface area contributed by atoms with E-state index in [1.165, 1.54) is 16.7 Å². The lowest BCUT2D eigenvalue weighted by Gasteiger charge is -2.39. The molecule has 1 aliphatic rings. The van der Waals surface area contributed by atoms with Gasteiger partial charge in [0.2, 0.25) is 0 Å². The Labute approximate surface area is 141 Å². The molecule has 128 valence electrons. The van der Waals surface area contributed by atoms with Crippen LogP contribution in [-0.2, 0) is 12.0 Å². The van der Waals surface area contributed by atoms with Gasteiger partial charge in [0.05, 0.1) is 11.0 Å². The zero-order valence-electron chi connectivity index (χ0n) is 13.3. The van der Waals surface area contributed by atoms with Gasteiger partial charge < -0.3 is 5.32 Å². The van der Waals surface area contributed by atoms with Gasteiger partial charge in [-0.3, -0.25) is 0 Å². The van der Waals surface area contributed by atoms with Crippen molar-refractivity contribution in [1.29, 1.82) is 0 Å². The Kier molecular flexibility index (Phi) is 3.19. The van der Waals surface area contributed by atoms with Crippen LogP contribution in [0.5, 0.6) is 0 Å². The van der Waals surface area contributed by atoms with E-state index in [0.717, 1.165) is 5.56 Å². The number of benzene rings is 2. The number of amides is 1. The first-order chi connectivity index (χ1) is 11.8. The molecule has 1 aromatic heterocycles. The number of nitrogens with one attached hydrogen (secondary N) is 1. The second kappa shape index (κ2) is 5.08. The largest absolute Gasteiger partial charge is 0.416 e. The first-order valence-electron chi connectivity index (χ1n) is 7.74. The molecule has 0 radical (unpaired) electrons. The van der Waals surface area contributed by atoms with Gasteiger partial charge in [-0.05, 0) is 24.6 Å². The Morgan fingerprint density at radius 2 is 1.80 bits per heavy atom. The predicted octanol–water partition coefficient (Wildman–Crippen LogP) is 3.92. The molecule has 2 aromatic carbocycles. The summed E-state index contributed by atoms with van der Waals surface area (Å²) in [5, 5.41) is 2.20. The van der Waals surface area contributed by atoms with Gasteiger partial charge in [-0.2, -0.15) is 13.2 Å². The lowest BCUT2D eigenvalue weighted by Crippen LogP contribution is -2.61. The van der Waals surface area contributed by atoms with E-state index in [9.17, 15) is 18.0 Å². The van der Waals surface area contributed by atoms with Crippen molar-refractivity contribution in [3.63, 3.8) is 0 Å². The summed E-state index contributed by atoms with van der Waals surface area (Å²) in [5.41, 5.74) is -0.660. The van der Waals surface area contributed by atoms with Crippen LogP contribution in [0.3, 0.4) is 0 Å². The number of nitrogens with zero attached hydrogens (tertiary/aromatic N) is 2. The average molecular weight is 345 g/mol. The minimum absolute atomic E-state index is 0.00254. The van der Waals surface area contributed by atoms with Crippen molar-refractivity contribution in [2.75, 3.05) is 0 Å². The second-order valence-corrected chi connectivity index (χ2v) is 6.23. The molecule has 3 aromatic rings. The molecule has 0 aliphatic carbocycles. The fraction of sp³-hybridized carbons (Fsp3) is 0.222. The Bertz CT molecular complexity index is 975. The van der Waals surface area contributed by atoms with E-state index in [1.54, 1.807) is 43.3 Å². The molecule has 4 nitrogen and oxygen atoms in total. The van der Waals surface area contributed by atoms with Gasteiger partial charge in [0, 0.05) is 6.42 Å². The van der Waals surface area contributed by atoms with E-state index in [1.807, 2.05) is 0 Å². The number of carbonyl (C=O) groups is 1. The van der Waals surface area contributed by atoms with Crippen LogP contribution in [-0.4, -0.2) is 21.8 Å². The average Bonchev–Trinajstić information content (AvgIpc) is 2.92. The second-order valence-electron chi connectivity index (χ2n) is 6.23. The molecule has 4 rings (SSSR count). The van der Waals surface area contributed by atoms with Crippen molar-refractivity contribution in [2.45, 2.75) is 25.1 Å². The van der Waals surface area contributed by atoms with Crippen LogP contribution in [0.4, 0.5) is 18.0 Å². The summed E-state index contributed by atoms with van der Waals surface area (Å²) in [7, 11) is 0. The number of carbonyl (C=O) groups excluding carboxylic acids is 1. The number of rotatable bonds is 1. The van der Waals surface area contributed by atoms with E-state index in [2.05, 4.69) is 10.3 Å². The molecular formula is C18H14F3N3O. The van der Waals surface area contributed by atoms with E-state index >= 15 is 0 Å². The molecule has 0 spiro atoms. The number of hydrogen-bond acceptors (Lipinski definition) is 2. The monoisotopic (exact) mass is 345 g/mol. The highest BCUT2D eigenvalue weighted by molar-refractivity contribution is 5.91. The first kappa shape index (κ1) is 15.7. The molecule has 25 heavy (non-hydrogen) atoms. The van der Waals surface area contributed by atoms with Crippen molar-refractivity contribution in [3.05, 3.63) is 65.5 Å². The van der Waals surface area contributed by atoms with Gasteiger partial charge in [0.1, 0.15) is 5.82 Å². The Hall–Kier alpha value is -2.83. The summed E-state index contributed by atoms with van der Waals surface area (Å²) >= 11 is 0. The maximum atomic E-state index is 14.1. The molecule has 0 unspecified atom stereocenters. The fourth-order valence-electron chi connectivity index (χ4n) is 3.29. The van der Waals surface area contributed by atoms with Crippen LogP contribution in [0.2, 0.25) is 0 Å². The van der Waals surface area contributed by atoms with E-state index in [0.29, 0.717) is 11.0 Å². The molecule has 0 saturated heterocycles. The third kappa shape index (κ3) is 2.22. The SMILES string of the molecule is Cc1ccc([C@@]2(C(F)(F)F)Cc3nc4ccccc4n3C(=O)N2)cc1. The number of aryl methyl sites for hydroxylation is 1. The van der Waals surface area contributed by atoms with E-state index < -0.39 is 24.2 Å². The Balaban J connectivity index is 1.93. The molecule has 0 bridgehead atoms. The highest BCUT2D eigenvalue weighted by Gasteiger charge is 2.59. The number of halogens is 3. The topological polar surface area (TPSA) is 46.9 Å². The molecule has 1 atom stereocenters. The summed E-state index contributed by atoms with van der Waals surface area (Å²) in [6, 6.07) is 12.0. The lowest BCUT2D eigenvalue weighted by atomic mass is 9.84. The van der Waals surface area contributed by atoms with Crippen LogP contribution in [0.1, 0.15) is 17.0 Å². The summed E-state index contributed by atoms with van der Waals surface area (Å²) in [6.45, 7) is 1.79. The minimum atomic E-state index is -4.67. The Morgan fingerprint density at radius 3 is 2.48 bits per heavy atom. The number of imidazole rings is 1. The van der Waals surface area contributed by atoms with Crippen LogP contribution < -0.4 is 5.32 Å². The van der Waals surface area contributed by atoms with E-state index in [-0.39, 0.29) is 11.4 Å². The highest BCUT2D eigenvalue weighted by Crippen LogP contribution is 2.43. The number of fused-ring (bicyclic) bond motifs is 3. The lowest BCUT2D eigenvalue weighted by molar-refractivity contribution is -0.199. The van der Waals surface area contributed by atoms with Crippen molar-refractivity contribution in [2.24, 2.45) is 0 Å². The smallest absolute Gasteiger partial charge is 0.319 e. The standard InChI is InChI=1S/C18H14F3N3O/c1-11-6-8-12(9-7-11)17(18(19,20)21)10-15-22-13-4-2-3-5-14(13)24(15)16(25)23-17/h2-9H,10H2,1H3,(H,23,25)/t17-/m1/s1. The predicted molar refractivity (Wildman–Crippen MR) is 86.3 cm³/mol. The zero-order valence-corrected chi connectivity index (χ0v) is 13.3. The van der Waals surface area contributed by atoms with Crippen molar-refractivity contribution < 1.29 is 18.0 Å². The maximum Gasteiger partial charge on any atom is 0.416 e. The van der Waals surface area contributed by atoms with Crippen molar-refractivity contribution in [1.82, 2.24) is 14.9 Å². The minimum Gasteiger partial charge on any atom is -0.319 e. The molecule has 1 aliphatic heterocycles. The van der Waals surface area contributed by atoms with Crippen LogP contribution in [0.25, 0.3) is 11.0 Å². The number of para-hydroxylation sites is 2. The third-order valence-corrected chi connectivity index (χ3v) is 4.61. The molecule has 0 fully saturated rings. The quantitative estimate of drug-likeness (QED) is 0.727. The van der Waals surface area contributed by atoms with Crippen LogP contribution >= 0.6 is 0 Å². The Morgan fingerprint density at radius 1 is 1.12 bits per heavy atom. The molecule has 1 N–H and O–H groups in total. The molecule has 1 amide bonds. The third-order valence-electron chi connectivity index (χ3n) is 4.61. The molecular weight excluding hydrogens is 331 g/mol. The summed E-state index contributed by atoms with van der Waals surface area (Å²) in [4.78, 5) is 16.8. The maximum absolute atomic E-state index is 14.1. The summed E-state index contributed by atoms with van der Waals surface area (Å²) in [6.07, 6.45) is -5.12. The van der Waals surface area contributed by atoms with Gasteiger partial charge in [0.15, 0.2) is 5.54 Å². The van der Waals surface area contributed by atoms with Gasteiger partial charge in [-0.1, -0.05) is 42.0 Å². The number of alkyl halides is 3. The first-order valence-corrected chi connectivity index (χ1v) is 7.74. The van der Waals surface area contributed by atoms with Crippen molar-refractivity contribution >= 4 is 17.1 Å². The van der Waals surface area contributed by atoms with E-state index in [4.69, 9.17) is 0 Å². The van der Waals surface area contributed by atoms with Gasteiger partial charge >= 0.3 is 12.2 Å². The molecule has 2 heterocycles. The van der Waals surface area contributed by atoms with Gasteiger partial charge in [-0.15, -0.1) is 0 Å². The molecule has 0 saturated carbocycles. The van der Waals surface area contributed by atoms with Crippen LogP contribution in [0.15, 0.2) is 48.5 Å². The van der Waals surface area contributed by atoms with Gasteiger partial charge in [0.25, 0.3) is 0 Å². The zero-order chi connectivity index (χ0) is 17.8. The normalized spacial score (nSPS) is 20.4. The summed E-state index contributed by atoms with van der Waals surface area (Å²) in [5.74, 6) is 0.0999. The van der Waals surface area contributed by atoms with Crippen LogP contribution in [0, 0.1) is 6.92 Å². The van der Waals surface area contributed by atoms with Gasteiger partial charge in [-0.25, -0.2) is 14.3 Å². The number of aromatic nitrogens is 2. The van der Waals surface area contributed by atoms with Crippen molar-refractivity contribution in [3.8, 4) is 0 Å².